The average molecular weight is 339 g/mol. The highest BCUT2D eigenvalue weighted by molar-refractivity contribution is 6.01. The molecule has 1 unspecified atom stereocenters. The number of carbonyl (C=O) groups is 1. The number of carbonyl (C=O) groups excluding carboxylic acids is 1. The van der Waals surface area contributed by atoms with Crippen molar-refractivity contribution in [2.75, 3.05) is 7.11 Å². The van der Waals surface area contributed by atoms with Gasteiger partial charge >= 0.3 is 0 Å². The number of nitrogens with two attached hydrogens (primary N) is 1. The molecule has 3 aromatic rings. The summed E-state index contributed by atoms with van der Waals surface area (Å²) in [4.78, 5) is 22.5. The molecule has 2 N–H and O–H groups in total. The SMILES string of the molecule is COC(c1ccc([N+](=O)[O-])cc1)c1c(C(N)=O)n(C)c2ccccc12. The number of aromatic nitrogens is 1. The first-order chi connectivity index (χ1) is 12.0. The number of nitro benzene ring substituents is 1. The number of nitrogens with zero attached hydrogens (tertiary/aromatic N) is 2. The first kappa shape index (κ1) is 16.7. The Balaban J connectivity index is 2.23. The Morgan fingerprint density at radius 1 is 1.20 bits per heavy atom. The van der Waals surface area contributed by atoms with Crippen molar-refractivity contribution in [3.05, 3.63) is 75.5 Å². The smallest absolute Gasteiger partial charge is 0.269 e. The molecular formula is C18H17N3O4. The number of fused-ring (bicyclic) bond motifs is 1. The Morgan fingerprint density at radius 2 is 1.84 bits per heavy atom. The van der Waals surface area contributed by atoms with Crippen molar-refractivity contribution in [1.82, 2.24) is 4.57 Å². The molecule has 0 saturated carbocycles. The number of primary amides is 1. The second kappa shape index (κ2) is 6.37. The van der Waals surface area contributed by atoms with Gasteiger partial charge in [-0.15, -0.1) is 0 Å². The van der Waals surface area contributed by atoms with Crippen molar-refractivity contribution >= 4 is 22.5 Å². The lowest BCUT2D eigenvalue weighted by Crippen LogP contribution is -2.19. The molecule has 0 spiro atoms. The van der Waals surface area contributed by atoms with E-state index < -0.39 is 16.9 Å². The fraction of sp³-hybridized carbons (Fsp3) is 0.167. The molecule has 1 heterocycles. The standard InChI is InChI=1S/C18H17N3O4/c1-20-14-6-4-3-5-13(14)15(16(20)18(19)22)17(25-2)11-7-9-12(10-8-11)21(23)24/h3-10,17H,1-2H3,(H2,19,22). The lowest BCUT2D eigenvalue weighted by atomic mass is 9.97. The number of nitro groups is 1. The summed E-state index contributed by atoms with van der Waals surface area (Å²) in [5.41, 5.74) is 8.17. The van der Waals surface area contributed by atoms with E-state index in [0.717, 1.165) is 10.9 Å². The maximum Gasteiger partial charge on any atom is 0.269 e. The number of benzene rings is 2. The summed E-state index contributed by atoms with van der Waals surface area (Å²) in [5.74, 6) is -0.558. The number of aryl methyl sites for hydroxylation is 1. The van der Waals surface area contributed by atoms with Crippen LogP contribution < -0.4 is 5.73 Å². The van der Waals surface area contributed by atoms with Crippen LogP contribution in [0.3, 0.4) is 0 Å². The maximum atomic E-state index is 12.1. The van der Waals surface area contributed by atoms with E-state index in [0.29, 0.717) is 16.8 Å². The van der Waals surface area contributed by atoms with E-state index >= 15 is 0 Å². The molecule has 2 aromatic carbocycles. The summed E-state index contributed by atoms with van der Waals surface area (Å²) in [6, 6.07) is 13.6. The zero-order valence-electron chi connectivity index (χ0n) is 13.8. The lowest BCUT2D eigenvalue weighted by molar-refractivity contribution is -0.384. The normalized spacial score (nSPS) is 12.2. The third kappa shape index (κ3) is 2.74. The molecule has 7 nitrogen and oxygen atoms in total. The highest BCUT2D eigenvalue weighted by atomic mass is 16.6. The van der Waals surface area contributed by atoms with Gasteiger partial charge in [0, 0.05) is 42.8 Å². The number of ether oxygens (including phenoxy) is 1. The van der Waals surface area contributed by atoms with Gasteiger partial charge in [-0.25, -0.2) is 0 Å². The van der Waals surface area contributed by atoms with Crippen LogP contribution in [0.4, 0.5) is 5.69 Å². The Bertz CT molecular complexity index is 960. The molecule has 0 aliphatic carbocycles. The van der Waals surface area contributed by atoms with Gasteiger partial charge in [-0.1, -0.05) is 18.2 Å². The highest BCUT2D eigenvalue weighted by Gasteiger charge is 2.27. The van der Waals surface area contributed by atoms with Crippen LogP contribution in [0.2, 0.25) is 0 Å². The maximum absolute atomic E-state index is 12.1. The minimum absolute atomic E-state index is 0.00773. The van der Waals surface area contributed by atoms with E-state index in [1.807, 2.05) is 24.3 Å². The van der Waals surface area contributed by atoms with Crippen LogP contribution in [0.25, 0.3) is 10.9 Å². The van der Waals surface area contributed by atoms with Gasteiger partial charge in [-0.2, -0.15) is 0 Å². The van der Waals surface area contributed by atoms with Gasteiger partial charge in [0.25, 0.3) is 11.6 Å². The summed E-state index contributed by atoms with van der Waals surface area (Å²) >= 11 is 0. The van der Waals surface area contributed by atoms with Gasteiger partial charge in [-0.3, -0.25) is 14.9 Å². The fourth-order valence-corrected chi connectivity index (χ4v) is 3.18. The highest BCUT2D eigenvalue weighted by Crippen LogP contribution is 2.36. The van der Waals surface area contributed by atoms with Crippen molar-refractivity contribution in [2.45, 2.75) is 6.10 Å². The molecule has 1 aromatic heterocycles. The second-order valence-corrected chi connectivity index (χ2v) is 5.67. The van der Waals surface area contributed by atoms with E-state index in [-0.39, 0.29) is 5.69 Å². The lowest BCUT2D eigenvalue weighted by Gasteiger charge is -2.17. The number of amides is 1. The van der Waals surface area contributed by atoms with Crippen molar-refractivity contribution in [2.24, 2.45) is 12.8 Å². The molecule has 1 atom stereocenters. The minimum atomic E-state index is -0.575. The molecule has 25 heavy (non-hydrogen) atoms. The quantitative estimate of drug-likeness (QED) is 0.570. The molecule has 0 fully saturated rings. The summed E-state index contributed by atoms with van der Waals surface area (Å²) in [6.45, 7) is 0. The monoisotopic (exact) mass is 339 g/mol. The van der Waals surface area contributed by atoms with E-state index in [2.05, 4.69) is 0 Å². The number of rotatable bonds is 5. The van der Waals surface area contributed by atoms with E-state index in [1.54, 1.807) is 23.7 Å². The molecular weight excluding hydrogens is 322 g/mol. The third-order valence-corrected chi connectivity index (χ3v) is 4.28. The summed E-state index contributed by atoms with van der Waals surface area (Å²) in [7, 11) is 3.30. The minimum Gasteiger partial charge on any atom is -0.372 e. The molecule has 0 saturated heterocycles. The summed E-state index contributed by atoms with van der Waals surface area (Å²) < 4.78 is 7.38. The van der Waals surface area contributed by atoms with Gasteiger partial charge < -0.3 is 15.0 Å². The fourth-order valence-electron chi connectivity index (χ4n) is 3.18. The van der Waals surface area contributed by atoms with Crippen LogP contribution in [-0.4, -0.2) is 22.5 Å². The molecule has 128 valence electrons. The van der Waals surface area contributed by atoms with E-state index in [4.69, 9.17) is 10.5 Å². The van der Waals surface area contributed by atoms with E-state index in [1.165, 1.54) is 19.2 Å². The van der Waals surface area contributed by atoms with Crippen molar-refractivity contribution in [3.63, 3.8) is 0 Å². The molecule has 0 radical (unpaired) electrons. The van der Waals surface area contributed by atoms with Crippen LogP contribution >= 0.6 is 0 Å². The number of hydrogen-bond acceptors (Lipinski definition) is 4. The van der Waals surface area contributed by atoms with Crippen molar-refractivity contribution < 1.29 is 14.5 Å². The summed E-state index contributed by atoms with van der Waals surface area (Å²) in [6.07, 6.45) is -0.575. The number of non-ortho nitro benzene ring substituents is 1. The Hall–Kier alpha value is -3.19. The first-order valence-corrected chi connectivity index (χ1v) is 7.60. The van der Waals surface area contributed by atoms with Gasteiger partial charge in [0.2, 0.25) is 0 Å². The zero-order valence-corrected chi connectivity index (χ0v) is 13.8. The second-order valence-electron chi connectivity index (χ2n) is 5.67. The van der Waals surface area contributed by atoms with Gasteiger partial charge in [-0.05, 0) is 23.8 Å². The van der Waals surface area contributed by atoms with Crippen LogP contribution in [-0.2, 0) is 11.8 Å². The molecule has 0 bridgehead atoms. The van der Waals surface area contributed by atoms with Gasteiger partial charge in [0.05, 0.1) is 4.92 Å². The zero-order chi connectivity index (χ0) is 18.1. The Labute approximate surface area is 143 Å². The molecule has 3 rings (SSSR count). The van der Waals surface area contributed by atoms with Crippen LogP contribution in [0, 0.1) is 10.1 Å². The van der Waals surface area contributed by atoms with Crippen LogP contribution in [0.1, 0.15) is 27.7 Å². The number of methoxy groups -OCH3 is 1. The van der Waals surface area contributed by atoms with E-state index in [9.17, 15) is 14.9 Å². The van der Waals surface area contributed by atoms with Crippen LogP contribution in [0.5, 0.6) is 0 Å². The Kier molecular flexibility index (Phi) is 4.24. The predicted molar refractivity (Wildman–Crippen MR) is 93.4 cm³/mol. The van der Waals surface area contributed by atoms with Gasteiger partial charge in [0.15, 0.2) is 0 Å². The molecule has 0 aliphatic heterocycles. The number of hydrogen-bond donors (Lipinski definition) is 1. The van der Waals surface area contributed by atoms with Crippen molar-refractivity contribution in [1.29, 1.82) is 0 Å². The number of para-hydroxylation sites is 1. The molecule has 0 aliphatic rings. The third-order valence-electron chi connectivity index (χ3n) is 4.28. The van der Waals surface area contributed by atoms with Crippen molar-refractivity contribution in [3.8, 4) is 0 Å². The first-order valence-electron chi connectivity index (χ1n) is 7.60. The molecule has 7 heteroatoms. The molecule has 1 amide bonds. The average Bonchev–Trinajstić information content (AvgIpc) is 2.90. The predicted octanol–water partition coefficient (Wildman–Crippen LogP) is 2.92. The van der Waals surface area contributed by atoms with Crippen LogP contribution in [0.15, 0.2) is 48.5 Å². The summed E-state index contributed by atoms with van der Waals surface area (Å²) in [5, 5.41) is 11.7. The topological polar surface area (TPSA) is 100 Å². The largest absolute Gasteiger partial charge is 0.372 e. The Morgan fingerprint density at radius 3 is 2.40 bits per heavy atom. The van der Waals surface area contributed by atoms with Gasteiger partial charge in [0.1, 0.15) is 11.8 Å².